The molecule has 1 N–H and O–H groups in total. The van der Waals surface area contributed by atoms with Gasteiger partial charge in [-0.3, -0.25) is 10.1 Å². The van der Waals surface area contributed by atoms with Gasteiger partial charge in [0.25, 0.3) is 5.91 Å². The van der Waals surface area contributed by atoms with Crippen molar-refractivity contribution in [1.82, 2.24) is 4.98 Å². The Bertz CT molecular complexity index is 634. The van der Waals surface area contributed by atoms with E-state index in [0.717, 1.165) is 0 Å². The molecule has 9 heteroatoms. The lowest BCUT2D eigenvalue weighted by Gasteiger charge is -2.36. The van der Waals surface area contributed by atoms with Crippen molar-refractivity contribution in [2.24, 2.45) is 0 Å². The molecule has 24 heavy (non-hydrogen) atoms. The Labute approximate surface area is 143 Å². The highest BCUT2D eigenvalue weighted by Gasteiger charge is 2.62. The molecule has 0 aromatic carbocycles. The SMILES string of the molecule is CC1(C)O[C@@H]2[C@@H](O1)[C@H](C(=O)Nc1nccs1)O[C@H]1OC(C)(C)O[C@@H]12. The molecular formula is C15H20N2O6S. The largest absolute Gasteiger partial charge is 0.342 e. The molecule has 8 nitrogen and oxygen atoms in total. The summed E-state index contributed by atoms with van der Waals surface area (Å²) in [5, 5.41) is 5.03. The number of anilines is 1. The van der Waals surface area contributed by atoms with Crippen molar-refractivity contribution < 1.29 is 28.5 Å². The minimum Gasteiger partial charge on any atom is -0.342 e. The number of thiazole rings is 1. The van der Waals surface area contributed by atoms with Crippen molar-refractivity contribution in [2.45, 2.75) is 70.0 Å². The second kappa shape index (κ2) is 5.45. The molecule has 0 radical (unpaired) electrons. The molecule has 3 aliphatic heterocycles. The van der Waals surface area contributed by atoms with Gasteiger partial charge in [0, 0.05) is 11.6 Å². The predicted molar refractivity (Wildman–Crippen MR) is 83.3 cm³/mol. The van der Waals surface area contributed by atoms with Crippen LogP contribution in [0.1, 0.15) is 27.7 Å². The fourth-order valence-electron chi connectivity index (χ4n) is 3.29. The summed E-state index contributed by atoms with van der Waals surface area (Å²) in [6, 6.07) is 0. The number of hydrogen-bond donors (Lipinski definition) is 1. The van der Waals surface area contributed by atoms with Gasteiger partial charge in [-0.2, -0.15) is 0 Å². The maximum absolute atomic E-state index is 12.7. The van der Waals surface area contributed by atoms with Crippen LogP contribution in [0, 0.1) is 0 Å². The zero-order valence-electron chi connectivity index (χ0n) is 13.8. The highest BCUT2D eigenvalue weighted by molar-refractivity contribution is 7.13. The van der Waals surface area contributed by atoms with Gasteiger partial charge in [0.15, 0.2) is 29.1 Å². The van der Waals surface area contributed by atoms with Crippen LogP contribution >= 0.6 is 11.3 Å². The first-order valence-electron chi connectivity index (χ1n) is 7.81. The maximum Gasteiger partial charge on any atom is 0.258 e. The van der Waals surface area contributed by atoms with E-state index in [-0.39, 0.29) is 5.91 Å². The Morgan fingerprint density at radius 2 is 1.75 bits per heavy atom. The molecular weight excluding hydrogens is 336 g/mol. The van der Waals surface area contributed by atoms with Crippen molar-refractivity contribution >= 4 is 22.4 Å². The van der Waals surface area contributed by atoms with Crippen LogP contribution < -0.4 is 5.32 Å². The van der Waals surface area contributed by atoms with Gasteiger partial charge < -0.3 is 23.7 Å². The third-order valence-electron chi connectivity index (χ3n) is 4.08. The van der Waals surface area contributed by atoms with E-state index >= 15 is 0 Å². The van der Waals surface area contributed by atoms with Crippen LogP contribution in [0.2, 0.25) is 0 Å². The number of nitrogens with one attached hydrogen (secondary N) is 1. The van der Waals surface area contributed by atoms with Gasteiger partial charge in [-0.15, -0.1) is 11.3 Å². The summed E-state index contributed by atoms with van der Waals surface area (Å²) >= 11 is 1.33. The van der Waals surface area contributed by atoms with E-state index < -0.39 is 42.3 Å². The van der Waals surface area contributed by atoms with Gasteiger partial charge in [-0.1, -0.05) is 0 Å². The first kappa shape index (κ1) is 16.4. The molecule has 4 rings (SSSR count). The molecule has 0 saturated carbocycles. The smallest absolute Gasteiger partial charge is 0.258 e. The van der Waals surface area contributed by atoms with E-state index in [9.17, 15) is 4.79 Å². The number of hydrogen-bond acceptors (Lipinski definition) is 8. The highest BCUT2D eigenvalue weighted by atomic mass is 32.1. The molecule has 4 heterocycles. The molecule has 0 aliphatic carbocycles. The van der Waals surface area contributed by atoms with Crippen LogP contribution in [-0.2, 0) is 28.5 Å². The number of carbonyl (C=O) groups is 1. The van der Waals surface area contributed by atoms with Gasteiger partial charge >= 0.3 is 0 Å². The zero-order valence-corrected chi connectivity index (χ0v) is 14.7. The lowest BCUT2D eigenvalue weighted by molar-refractivity contribution is -0.229. The minimum atomic E-state index is -0.876. The van der Waals surface area contributed by atoms with Crippen molar-refractivity contribution in [2.75, 3.05) is 5.32 Å². The average molecular weight is 356 g/mol. The Hall–Kier alpha value is -1.10. The van der Waals surface area contributed by atoms with Crippen molar-refractivity contribution in [3.8, 4) is 0 Å². The van der Waals surface area contributed by atoms with Crippen LogP contribution in [-0.4, -0.2) is 53.2 Å². The summed E-state index contributed by atoms with van der Waals surface area (Å²) in [7, 11) is 0. The summed E-state index contributed by atoms with van der Waals surface area (Å²) in [6.07, 6.45) is -1.43. The molecule has 3 fully saturated rings. The van der Waals surface area contributed by atoms with E-state index in [2.05, 4.69) is 10.3 Å². The van der Waals surface area contributed by atoms with Crippen molar-refractivity contribution in [3.63, 3.8) is 0 Å². The number of rotatable bonds is 2. The molecule has 0 spiro atoms. The van der Waals surface area contributed by atoms with Crippen LogP contribution in [0.3, 0.4) is 0 Å². The molecule has 0 bridgehead atoms. The Balaban J connectivity index is 1.59. The van der Waals surface area contributed by atoms with Gasteiger partial charge in [-0.25, -0.2) is 4.98 Å². The number of fused-ring (bicyclic) bond motifs is 3. The zero-order chi connectivity index (χ0) is 17.1. The average Bonchev–Trinajstić information content (AvgIpc) is 3.13. The van der Waals surface area contributed by atoms with Crippen LogP contribution in [0.5, 0.6) is 0 Å². The molecule has 0 unspecified atom stereocenters. The molecule has 1 amide bonds. The van der Waals surface area contributed by atoms with E-state index in [1.54, 1.807) is 39.3 Å². The first-order valence-corrected chi connectivity index (χ1v) is 8.69. The van der Waals surface area contributed by atoms with Gasteiger partial charge in [0.05, 0.1) is 0 Å². The summed E-state index contributed by atoms with van der Waals surface area (Å²) in [6.45, 7) is 7.21. The summed E-state index contributed by atoms with van der Waals surface area (Å²) in [5.74, 6) is -1.98. The highest BCUT2D eigenvalue weighted by Crippen LogP contribution is 2.44. The third kappa shape index (κ3) is 2.85. The molecule has 3 saturated heterocycles. The predicted octanol–water partition coefficient (Wildman–Crippen LogP) is 1.48. The quantitative estimate of drug-likeness (QED) is 0.858. The Kier molecular flexibility index (Phi) is 3.72. The maximum atomic E-state index is 12.7. The van der Waals surface area contributed by atoms with Crippen LogP contribution in [0.25, 0.3) is 0 Å². The molecule has 1 aromatic heterocycles. The van der Waals surface area contributed by atoms with Crippen molar-refractivity contribution in [1.29, 1.82) is 0 Å². The van der Waals surface area contributed by atoms with Gasteiger partial charge in [0.1, 0.15) is 18.3 Å². The first-order chi connectivity index (χ1) is 11.2. The second-order valence-electron chi connectivity index (χ2n) is 6.92. The normalized spacial score (nSPS) is 39.2. The second-order valence-corrected chi connectivity index (χ2v) is 7.81. The molecule has 5 atom stereocenters. The Morgan fingerprint density at radius 3 is 2.46 bits per heavy atom. The lowest BCUT2D eigenvalue weighted by atomic mass is 9.98. The van der Waals surface area contributed by atoms with Crippen LogP contribution in [0.15, 0.2) is 11.6 Å². The van der Waals surface area contributed by atoms with E-state index in [1.165, 1.54) is 11.3 Å². The van der Waals surface area contributed by atoms with E-state index in [1.807, 2.05) is 0 Å². The van der Waals surface area contributed by atoms with Crippen LogP contribution in [0.4, 0.5) is 5.13 Å². The number of amides is 1. The van der Waals surface area contributed by atoms with Gasteiger partial charge in [-0.05, 0) is 27.7 Å². The third-order valence-corrected chi connectivity index (χ3v) is 4.76. The fraction of sp³-hybridized carbons (Fsp3) is 0.733. The lowest BCUT2D eigenvalue weighted by Crippen LogP contribution is -2.58. The summed E-state index contributed by atoms with van der Waals surface area (Å²) < 4.78 is 29.4. The number of nitrogens with zero attached hydrogens (tertiary/aromatic N) is 1. The molecule has 132 valence electrons. The molecule has 1 aromatic rings. The monoisotopic (exact) mass is 356 g/mol. The number of carbonyl (C=O) groups excluding carboxylic acids is 1. The van der Waals surface area contributed by atoms with E-state index in [4.69, 9.17) is 23.7 Å². The standard InChI is InChI=1S/C15H20N2O6S/c1-14(2)20-7-8(21-14)10-12(23-15(3,4)22-10)19-9(7)11(18)17-13-16-5-6-24-13/h5-10,12H,1-4H3,(H,16,17,18)/t7-,8-,9-,10-,12+/m1/s1. The Morgan fingerprint density at radius 1 is 1.08 bits per heavy atom. The minimum absolute atomic E-state index is 0.340. The fourth-order valence-corrected chi connectivity index (χ4v) is 3.82. The van der Waals surface area contributed by atoms with E-state index in [0.29, 0.717) is 5.13 Å². The topological polar surface area (TPSA) is 88.1 Å². The van der Waals surface area contributed by atoms with Gasteiger partial charge in [0.2, 0.25) is 0 Å². The number of aromatic nitrogens is 1. The molecule has 3 aliphatic rings. The van der Waals surface area contributed by atoms with Crippen molar-refractivity contribution in [3.05, 3.63) is 11.6 Å². The number of ether oxygens (including phenoxy) is 5. The summed E-state index contributed by atoms with van der Waals surface area (Å²) in [5.41, 5.74) is 0. The summed E-state index contributed by atoms with van der Waals surface area (Å²) in [4.78, 5) is 16.7.